The summed E-state index contributed by atoms with van der Waals surface area (Å²) < 4.78 is 0. The fourth-order valence-electron chi connectivity index (χ4n) is 2.88. The van der Waals surface area contributed by atoms with E-state index in [4.69, 9.17) is 0 Å². The third kappa shape index (κ3) is 2.84. The number of nitrogens with zero attached hydrogens (tertiary/aromatic N) is 2. The van der Waals surface area contributed by atoms with Gasteiger partial charge in [-0.15, -0.1) is 0 Å². The number of fused-ring (bicyclic) bond motifs is 1. The van der Waals surface area contributed by atoms with E-state index in [0.29, 0.717) is 24.5 Å². The van der Waals surface area contributed by atoms with Gasteiger partial charge in [-0.3, -0.25) is 9.78 Å². The highest BCUT2D eigenvalue weighted by molar-refractivity contribution is 5.41. The quantitative estimate of drug-likeness (QED) is 0.909. The van der Waals surface area contributed by atoms with E-state index in [2.05, 4.69) is 29.0 Å². The van der Waals surface area contributed by atoms with Crippen LogP contribution < -0.4 is 10.5 Å². The van der Waals surface area contributed by atoms with Crippen LogP contribution in [0.5, 0.6) is 5.88 Å². The van der Waals surface area contributed by atoms with Gasteiger partial charge in [0, 0.05) is 13.1 Å². The SMILES string of the molecule is CCCCc1c(O)nc(N2CCc3ccccc3C2)[nH]c1=O. The summed E-state index contributed by atoms with van der Waals surface area (Å²) in [5.74, 6) is 0.323. The molecule has 0 fully saturated rings. The van der Waals surface area contributed by atoms with Gasteiger partial charge in [0.05, 0.1) is 5.56 Å². The van der Waals surface area contributed by atoms with Crippen LogP contribution in [0.2, 0.25) is 0 Å². The summed E-state index contributed by atoms with van der Waals surface area (Å²) in [7, 11) is 0. The molecular weight excluding hydrogens is 278 g/mol. The first-order valence-electron chi connectivity index (χ1n) is 7.83. The molecule has 0 saturated heterocycles. The van der Waals surface area contributed by atoms with Crippen LogP contribution in [0.1, 0.15) is 36.5 Å². The Morgan fingerprint density at radius 1 is 1.32 bits per heavy atom. The zero-order valence-corrected chi connectivity index (χ0v) is 12.8. The largest absolute Gasteiger partial charge is 0.493 e. The molecule has 1 aliphatic rings. The minimum Gasteiger partial charge on any atom is -0.493 e. The van der Waals surface area contributed by atoms with Crippen molar-refractivity contribution in [3.63, 3.8) is 0 Å². The van der Waals surface area contributed by atoms with Crippen LogP contribution in [0.4, 0.5) is 5.95 Å². The summed E-state index contributed by atoms with van der Waals surface area (Å²) in [5.41, 5.74) is 2.74. The van der Waals surface area contributed by atoms with Gasteiger partial charge in [0.1, 0.15) is 0 Å². The van der Waals surface area contributed by atoms with Gasteiger partial charge < -0.3 is 10.0 Å². The lowest BCUT2D eigenvalue weighted by atomic mass is 10.0. The summed E-state index contributed by atoms with van der Waals surface area (Å²) in [6, 6.07) is 8.29. The fourth-order valence-corrected chi connectivity index (χ4v) is 2.88. The molecule has 1 aliphatic heterocycles. The van der Waals surface area contributed by atoms with Gasteiger partial charge in [-0.1, -0.05) is 37.6 Å². The molecule has 1 aromatic carbocycles. The van der Waals surface area contributed by atoms with E-state index >= 15 is 0 Å². The molecule has 0 radical (unpaired) electrons. The fraction of sp³-hybridized carbons (Fsp3) is 0.412. The Morgan fingerprint density at radius 2 is 2.09 bits per heavy atom. The van der Waals surface area contributed by atoms with Gasteiger partial charge in [-0.05, 0) is 30.4 Å². The highest BCUT2D eigenvalue weighted by Gasteiger charge is 2.19. The first kappa shape index (κ1) is 14.6. The average Bonchev–Trinajstić information content (AvgIpc) is 2.53. The van der Waals surface area contributed by atoms with E-state index in [1.54, 1.807) is 0 Å². The minimum atomic E-state index is -0.227. The molecule has 2 aromatic rings. The van der Waals surface area contributed by atoms with Gasteiger partial charge in [-0.25, -0.2) is 0 Å². The Kier molecular flexibility index (Phi) is 4.13. The molecule has 22 heavy (non-hydrogen) atoms. The maximum absolute atomic E-state index is 12.2. The van der Waals surface area contributed by atoms with Crippen molar-refractivity contribution in [2.24, 2.45) is 0 Å². The summed E-state index contributed by atoms with van der Waals surface area (Å²) in [6.45, 7) is 3.54. The van der Waals surface area contributed by atoms with E-state index in [0.717, 1.165) is 25.8 Å². The van der Waals surface area contributed by atoms with Gasteiger partial charge in [0.25, 0.3) is 5.56 Å². The Labute approximate surface area is 129 Å². The van der Waals surface area contributed by atoms with E-state index in [1.165, 1.54) is 11.1 Å². The zero-order valence-electron chi connectivity index (χ0n) is 12.8. The monoisotopic (exact) mass is 299 g/mol. The number of anilines is 1. The highest BCUT2D eigenvalue weighted by Crippen LogP contribution is 2.23. The molecule has 2 heterocycles. The van der Waals surface area contributed by atoms with Crippen LogP contribution in [0.25, 0.3) is 0 Å². The maximum atomic E-state index is 12.2. The molecule has 5 heteroatoms. The molecule has 3 rings (SSSR count). The first-order chi connectivity index (χ1) is 10.7. The van der Waals surface area contributed by atoms with Crippen molar-refractivity contribution in [3.8, 4) is 5.88 Å². The van der Waals surface area contributed by atoms with Gasteiger partial charge in [-0.2, -0.15) is 4.98 Å². The van der Waals surface area contributed by atoms with E-state index in [1.807, 2.05) is 17.0 Å². The summed E-state index contributed by atoms with van der Waals surface area (Å²) in [5, 5.41) is 10.1. The summed E-state index contributed by atoms with van der Waals surface area (Å²) in [4.78, 5) is 21.2. The van der Waals surface area contributed by atoms with Crippen molar-refractivity contribution < 1.29 is 5.11 Å². The number of H-pyrrole nitrogens is 1. The number of rotatable bonds is 4. The lowest BCUT2D eigenvalue weighted by Crippen LogP contribution is -2.33. The number of aromatic hydroxyl groups is 1. The second kappa shape index (κ2) is 6.22. The number of nitrogens with one attached hydrogen (secondary N) is 1. The molecule has 0 saturated carbocycles. The number of benzene rings is 1. The Morgan fingerprint density at radius 3 is 2.82 bits per heavy atom. The predicted molar refractivity (Wildman–Crippen MR) is 86.3 cm³/mol. The first-order valence-corrected chi connectivity index (χ1v) is 7.83. The highest BCUT2D eigenvalue weighted by atomic mass is 16.3. The van der Waals surface area contributed by atoms with Crippen molar-refractivity contribution in [1.82, 2.24) is 9.97 Å². The van der Waals surface area contributed by atoms with Crippen molar-refractivity contribution >= 4 is 5.95 Å². The second-order valence-electron chi connectivity index (χ2n) is 5.74. The number of hydrogen-bond donors (Lipinski definition) is 2. The van der Waals surface area contributed by atoms with Crippen LogP contribution in [0, 0.1) is 0 Å². The minimum absolute atomic E-state index is 0.133. The number of hydrogen-bond acceptors (Lipinski definition) is 4. The predicted octanol–water partition coefficient (Wildman–Crippen LogP) is 2.38. The Balaban J connectivity index is 1.86. The van der Waals surface area contributed by atoms with Crippen LogP contribution in [-0.2, 0) is 19.4 Å². The molecule has 0 bridgehead atoms. The zero-order chi connectivity index (χ0) is 15.5. The lowest BCUT2D eigenvalue weighted by molar-refractivity contribution is 0.440. The van der Waals surface area contributed by atoms with Crippen molar-refractivity contribution in [3.05, 3.63) is 51.3 Å². The summed E-state index contributed by atoms with van der Waals surface area (Å²) >= 11 is 0. The molecule has 1 aromatic heterocycles. The average molecular weight is 299 g/mol. The van der Waals surface area contributed by atoms with Crippen LogP contribution in [0.3, 0.4) is 0 Å². The van der Waals surface area contributed by atoms with E-state index in [9.17, 15) is 9.90 Å². The van der Waals surface area contributed by atoms with Gasteiger partial charge in [0.15, 0.2) is 0 Å². The molecule has 0 atom stereocenters. The molecule has 0 unspecified atom stereocenters. The molecule has 0 aliphatic carbocycles. The van der Waals surface area contributed by atoms with Crippen LogP contribution >= 0.6 is 0 Å². The normalized spacial score (nSPS) is 14.0. The standard InChI is InChI=1S/C17H21N3O2/c1-2-3-8-14-15(21)18-17(19-16(14)22)20-10-9-12-6-4-5-7-13(12)11-20/h4-7H,2-3,8-11H2,1H3,(H2,18,19,21,22). The van der Waals surface area contributed by atoms with Gasteiger partial charge >= 0.3 is 0 Å². The molecule has 0 spiro atoms. The molecule has 5 nitrogen and oxygen atoms in total. The smallest absolute Gasteiger partial charge is 0.259 e. The number of unbranched alkanes of at least 4 members (excludes halogenated alkanes) is 1. The van der Waals surface area contributed by atoms with Crippen molar-refractivity contribution in [1.29, 1.82) is 0 Å². The third-order valence-electron chi connectivity index (χ3n) is 4.19. The van der Waals surface area contributed by atoms with Crippen molar-refractivity contribution in [2.75, 3.05) is 11.4 Å². The molecule has 2 N–H and O–H groups in total. The molecule has 0 amide bonds. The van der Waals surface area contributed by atoms with Crippen LogP contribution in [-0.4, -0.2) is 21.6 Å². The lowest BCUT2D eigenvalue weighted by Gasteiger charge is -2.29. The van der Waals surface area contributed by atoms with Gasteiger partial charge in [0.2, 0.25) is 11.8 Å². The summed E-state index contributed by atoms with van der Waals surface area (Å²) in [6.07, 6.45) is 3.32. The van der Waals surface area contributed by atoms with E-state index < -0.39 is 0 Å². The third-order valence-corrected chi connectivity index (χ3v) is 4.19. The maximum Gasteiger partial charge on any atom is 0.259 e. The molecular formula is C17H21N3O2. The number of aromatic nitrogens is 2. The van der Waals surface area contributed by atoms with Crippen LogP contribution in [0.15, 0.2) is 29.1 Å². The number of aromatic amines is 1. The molecule has 116 valence electrons. The second-order valence-corrected chi connectivity index (χ2v) is 5.74. The van der Waals surface area contributed by atoms with E-state index in [-0.39, 0.29) is 11.4 Å². The van der Waals surface area contributed by atoms with Crippen molar-refractivity contribution in [2.45, 2.75) is 39.2 Å². The topological polar surface area (TPSA) is 69.2 Å². The Bertz CT molecular complexity index is 724. The Hall–Kier alpha value is -2.30.